The Morgan fingerprint density at radius 3 is 1.25 bits per heavy atom. The molecule has 4 aliphatic rings. The monoisotopic (exact) mass is 1280 g/mol. The minimum Gasteiger partial charge on any atom is -0.497 e. The summed E-state index contributed by atoms with van der Waals surface area (Å²) in [4.78, 5) is 43.1. The lowest BCUT2D eigenvalue weighted by Crippen LogP contribution is -2.36. The van der Waals surface area contributed by atoms with Gasteiger partial charge < -0.3 is 58.7 Å². The van der Waals surface area contributed by atoms with Crippen molar-refractivity contribution in [2.45, 2.75) is 12.8 Å². The fraction of sp³-hybridized carbons (Fsp3) is 0.218. The van der Waals surface area contributed by atoms with E-state index in [4.69, 9.17) is 23.7 Å². The highest BCUT2D eigenvalue weighted by molar-refractivity contribution is 6.00. The molecule has 97 heavy (non-hydrogen) atoms. The van der Waals surface area contributed by atoms with Gasteiger partial charge in [0, 0.05) is 114 Å². The molecular weight excluding hydrogens is 1210 g/mol. The van der Waals surface area contributed by atoms with Gasteiger partial charge in [0.15, 0.2) is 0 Å². The van der Waals surface area contributed by atoms with Crippen molar-refractivity contribution < 1.29 is 28.5 Å². The third-order valence-electron chi connectivity index (χ3n) is 18.1. The number of hydrogen-bond acceptors (Lipinski definition) is 15. The van der Waals surface area contributed by atoms with Crippen LogP contribution in [-0.2, 0) is 19.0 Å². The van der Waals surface area contributed by atoms with Gasteiger partial charge >= 0.3 is 0 Å². The number of ether oxygens (including phenoxy) is 5. The second-order valence-corrected chi connectivity index (χ2v) is 24.1. The predicted molar refractivity (Wildman–Crippen MR) is 379 cm³/mol. The summed E-state index contributed by atoms with van der Waals surface area (Å²) < 4.78 is 27.0. The largest absolute Gasteiger partial charge is 0.497 e. The SMILES string of the molecule is COc1cc(C#N)cc(-c2ccnc3[nH]c(-c4ccc(N5CCOCC5)cc4)cc23)c1.COc1ccc(-c2ccnc3[nH]c(-c4ccc(N5CCOCC5)cc4)cc23)cc1C#N.N#Cc1cc(-c2ccnc3[nH]c(-c4ccc(N5CCOCC5)cc4)cc23)ccc1NC(=O)C1CC1. The first-order valence-electron chi connectivity index (χ1n) is 32.5. The van der Waals surface area contributed by atoms with Crippen LogP contribution < -0.4 is 29.5 Å². The molecule has 9 heterocycles. The minimum absolute atomic E-state index is 0.00420. The van der Waals surface area contributed by atoms with Crippen LogP contribution in [0.15, 0.2) is 182 Å². The fourth-order valence-corrected chi connectivity index (χ4v) is 12.7. The molecule has 3 aliphatic heterocycles. The number of benzene rings is 6. The van der Waals surface area contributed by atoms with E-state index in [-0.39, 0.29) is 11.8 Å². The van der Waals surface area contributed by atoms with E-state index >= 15 is 0 Å². The lowest BCUT2D eigenvalue weighted by molar-refractivity contribution is -0.117. The minimum atomic E-state index is -0.00420. The number of nitrogens with one attached hydrogen (secondary N) is 4. The molecule has 0 atom stereocenters. The molecule has 0 spiro atoms. The standard InChI is InChI=1S/C28H25N5O2.2C25H22N4O2/c29-17-21-15-20(5-8-25(21)32-28(34)19-1-2-19)23-9-10-30-27-24(23)16-26(31-27)18-3-6-22(7-4-18)33-11-13-35-14-12-33;1-30-24-7-4-18(14-19(24)16-26)21-8-9-27-25-22(21)15-23(28-25)17-2-5-20(6-3-17)29-10-12-31-13-11-29;1-30-21-13-17(16-26)12-19(14-21)22-6-7-27-25-23(22)15-24(28-25)18-2-4-20(5-3-18)29-8-10-31-11-9-29/h3-10,15-16,19H,1-2,11-14H2,(H,30,31)(H,32,34);2-9,14-15H,10-13H2,1H3,(H,27,28);2-7,12-15H,8-11H2,1H3,(H,27,28). The number of hydrogen-bond donors (Lipinski definition) is 4. The van der Waals surface area contributed by atoms with Gasteiger partial charge in [0.25, 0.3) is 0 Å². The van der Waals surface area contributed by atoms with Crippen LogP contribution in [0.3, 0.4) is 0 Å². The number of nitriles is 3. The number of carbonyl (C=O) groups excluding carboxylic acids is 1. The summed E-state index contributed by atoms with van der Waals surface area (Å²) in [6.07, 6.45) is 7.19. The van der Waals surface area contributed by atoms with Crippen LogP contribution in [-0.4, -0.2) is 129 Å². The molecule has 4 fully saturated rings. The summed E-state index contributed by atoms with van der Waals surface area (Å²) >= 11 is 0. The molecule has 6 aromatic heterocycles. The number of methoxy groups -OCH3 is 2. The number of aromatic nitrogens is 6. The van der Waals surface area contributed by atoms with Gasteiger partial charge in [0.1, 0.15) is 40.6 Å². The summed E-state index contributed by atoms with van der Waals surface area (Å²) in [7, 11) is 3.18. The first-order chi connectivity index (χ1) is 47.7. The molecule has 19 nitrogen and oxygen atoms in total. The Kier molecular flexibility index (Phi) is 18.4. The molecular formula is C78H69N13O6. The molecule has 3 saturated heterocycles. The fourth-order valence-electron chi connectivity index (χ4n) is 12.7. The van der Waals surface area contributed by atoms with Crippen LogP contribution in [0, 0.1) is 39.9 Å². The van der Waals surface area contributed by atoms with E-state index in [0.717, 1.165) is 192 Å². The zero-order valence-electron chi connectivity index (χ0n) is 53.8. The van der Waals surface area contributed by atoms with Crippen molar-refractivity contribution in [3.05, 3.63) is 199 Å². The number of anilines is 4. The van der Waals surface area contributed by atoms with Crippen molar-refractivity contribution in [1.82, 2.24) is 29.9 Å². The summed E-state index contributed by atoms with van der Waals surface area (Å²) in [5.74, 6) is 1.32. The maximum Gasteiger partial charge on any atom is 0.227 e. The van der Waals surface area contributed by atoms with Gasteiger partial charge in [-0.3, -0.25) is 4.79 Å². The Morgan fingerprint density at radius 2 is 0.856 bits per heavy atom. The third kappa shape index (κ3) is 13.8. The highest BCUT2D eigenvalue weighted by atomic mass is 16.5. The Bertz CT molecular complexity index is 4960. The topological polar surface area (TPSA) is 242 Å². The first kappa shape index (κ1) is 62.6. The molecule has 12 aromatic rings. The highest BCUT2D eigenvalue weighted by Crippen LogP contribution is 2.39. The Hall–Kier alpha value is -11.8. The van der Waals surface area contributed by atoms with E-state index in [9.17, 15) is 20.6 Å². The maximum atomic E-state index is 12.2. The highest BCUT2D eigenvalue weighted by Gasteiger charge is 2.30. The molecule has 0 radical (unpaired) electrons. The molecule has 4 N–H and O–H groups in total. The van der Waals surface area contributed by atoms with E-state index in [1.807, 2.05) is 66.7 Å². The average Bonchev–Trinajstić information content (AvgIpc) is 1.68. The number of aromatic amines is 3. The number of pyridine rings is 3. The molecule has 19 heteroatoms. The van der Waals surface area contributed by atoms with Crippen LogP contribution in [0.25, 0.3) is 100 Å². The van der Waals surface area contributed by atoms with Crippen molar-refractivity contribution in [2.75, 3.05) is 113 Å². The number of rotatable bonds is 13. The van der Waals surface area contributed by atoms with Crippen LogP contribution >= 0.6 is 0 Å². The van der Waals surface area contributed by atoms with Crippen LogP contribution in [0.1, 0.15) is 29.5 Å². The first-order valence-corrected chi connectivity index (χ1v) is 32.5. The van der Waals surface area contributed by atoms with Gasteiger partial charge in [-0.2, -0.15) is 15.8 Å². The second-order valence-electron chi connectivity index (χ2n) is 24.1. The second kappa shape index (κ2) is 28.4. The van der Waals surface area contributed by atoms with E-state index < -0.39 is 0 Å². The summed E-state index contributed by atoms with van der Waals surface area (Å²) in [5.41, 5.74) is 20.2. The molecule has 0 unspecified atom stereocenters. The third-order valence-corrected chi connectivity index (χ3v) is 18.1. The Morgan fingerprint density at radius 1 is 0.454 bits per heavy atom. The number of H-pyrrole nitrogens is 3. The van der Waals surface area contributed by atoms with Crippen LogP contribution in [0.2, 0.25) is 0 Å². The Balaban J connectivity index is 0.000000125. The lowest BCUT2D eigenvalue weighted by atomic mass is 10.00. The molecule has 1 saturated carbocycles. The average molecular weight is 1280 g/mol. The summed E-state index contributed by atoms with van der Waals surface area (Å²) in [6.45, 7) is 10.1. The quantitative estimate of drug-likeness (QED) is 0.0839. The van der Waals surface area contributed by atoms with E-state index in [0.29, 0.717) is 33.9 Å². The van der Waals surface area contributed by atoms with Gasteiger partial charge in [-0.1, -0.05) is 48.5 Å². The lowest BCUT2D eigenvalue weighted by Gasteiger charge is -2.28. The van der Waals surface area contributed by atoms with E-state index in [1.54, 1.807) is 38.9 Å². The van der Waals surface area contributed by atoms with Gasteiger partial charge in [-0.05, 0) is 178 Å². The number of carbonyl (C=O) groups is 1. The number of amides is 1. The summed E-state index contributed by atoms with van der Waals surface area (Å²) in [5, 5.41) is 34.4. The predicted octanol–water partition coefficient (Wildman–Crippen LogP) is 14.2. The van der Waals surface area contributed by atoms with Crippen LogP contribution in [0.5, 0.6) is 11.5 Å². The van der Waals surface area contributed by atoms with Gasteiger partial charge in [-0.25, -0.2) is 15.0 Å². The van der Waals surface area contributed by atoms with Crippen molar-refractivity contribution >= 4 is 61.8 Å². The van der Waals surface area contributed by atoms with E-state index in [1.165, 1.54) is 17.1 Å². The van der Waals surface area contributed by atoms with Crippen LogP contribution in [0.4, 0.5) is 22.7 Å². The zero-order chi connectivity index (χ0) is 66.2. The maximum absolute atomic E-state index is 12.2. The van der Waals surface area contributed by atoms with Gasteiger partial charge in [0.2, 0.25) is 5.91 Å². The smallest absolute Gasteiger partial charge is 0.227 e. The number of nitrogens with zero attached hydrogens (tertiary/aromatic N) is 9. The molecule has 1 aliphatic carbocycles. The zero-order valence-corrected chi connectivity index (χ0v) is 53.8. The van der Waals surface area contributed by atoms with Gasteiger partial charge in [-0.15, -0.1) is 0 Å². The molecule has 16 rings (SSSR count). The molecule has 482 valence electrons. The molecule has 6 aromatic carbocycles. The van der Waals surface area contributed by atoms with Crippen molar-refractivity contribution in [2.24, 2.45) is 5.92 Å². The van der Waals surface area contributed by atoms with Gasteiger partial charge in [0.05, 0.1) is 82.3 Å². The molecule has 1 amide bonds. The van der Waals surface area contributed by atoms with E-state index in [2.05, 4.69) is 159 Å². The summed E-state index contributed by atoms with van der Waals surface area (Å²) in [6, 6.07) is 61.4. The van der Waals surface area contributed by atoms with Crippen molar-refractivity contribution in [3.8, 4) is 96.9 Å². The molecule has 0 bridgehead atoms. The van der Waals surface area contributed by atoms with Crippen molar-refractivity contribution in [1.29, 1.82) is 15.8 Å². The Labute approximate surface area is 561 Å². The number of morpholine rings is 3. The van der Waals surface area contributed by atoms with Crippen molar-refractivity contribution in [3.63, 3.8) is 0 Å². The number of fused-ring (bicyclic) bond motifs is 3. The normalized spacial score (nSPS) is 14.5.